The number of pyridine rings is 1. The van der Waals surface area contributed by atoms with E-state index < -0.39 is 0 Å². The summed E-state index contributed by atoms with van der Waals surface area (Å²) in [4.78, 5) is 6.87. The van der Waals surface area contributed by atoms with Crippen LogP contribution in [-0.2, 0) is 6.54 Å². The molecule has 0 saturated heterocycles. The molecule has 0 fully saturated rings. The van der Waals surface area contributed by atoms with E-state index in [0.29, 0.717) is 0 Å². The van der Waals surface area contributed by atoms with Crippen molar-refractivity contribution in [1.29, 1.82) is 0 Å². The Morgan fingerprint density at radius 1 is 1.42 bits per heavy atom. The van der Waals surface area contributed by atoms with Crippen molar-refractivity contribution in [1.82, 2.24) is 10.3 Å². The molecule has 0 aliphatic carbocycles. The highest BCUT2D eigenvalue weighted by Gasteiger charge is 2.11. The summed E-state index contributed by atoms with van der Waals surface area (Å²) < 4.78 is 1.03. The summed E-state index contributed by atoms with van der Waals surface area (Å²) in [5, 5.41) is 3.44. The summed E-state index contributed by atoms with van der Waals surface area (Å²) in [5.41, 5.74) is 1.23. The number of aromatic nitrogens is 1. The van der Waals surface area contributed by atoms with E-state index in [1.165, 1.54) is 5.56 Å². The van der Waals surface area contributed by atoms with Gasteiger partial charge in [0.2, 0.25) is 0 Å². The van der Waals surface area contributed by atoms with Gasteiger partial charge in [-0.2, -0.15) is 0 Å². The van der Waals surface area contributed by atoms with Crippen LogP contribution in [0.1, 0.15) is 32.3 Å². The van der Waals surface area contributed by atoms with Crippen LogP contribution in [0.4, 0.5) is 5.82 Å². The monoisotopic (exact) mass is 325 g/mol. The first-order valence-corrected chi connectivity index (χ1v) is 7.73. The molecule has 0 aliphatic rings. The molecule has 0 bridgehead atoms. The third-order valence-electron chi connectivity index (χ3n) is 2.79. The van der Waals surface area contributed by atoms with Crippen LogP contribution in [0.2, 0.25) is 0 Å². The topological polar surface area (TPSA) is 28.2 Å². The third kappa shape index (κ3) is 5.33. The molecule has 19 heavy (non-hydrogen) atoms. The number of hydrogen-bond donors (Lipinski definition) is 1. The minimum absolute atomic E-state index is 0.837. The number of anilines is 1. The van der Waals surface area contributed by atoms with Gasteiger partial charge in [-0.1, -0.05) is 19.9 Å². The SMILES string of the molecule is C=CCN(CCC)c1ncc(Br)cc1CNCCC. The summed E-state index contributed by atoms with van der Waals surface area (Å²) in [6.07, 6.45) is 6.04. The molecule has 1 N–H and O–H groups in total. The summed E-state index contributed by atoms with van der Waals surface area (Å²) in [7, 11) is 0. The lowest BCUT2D eigenvalue weighted by Crippen LogP contribution is -2.27. The molecule has 106 valence electrons. The molecular formula is C15H24BrN3. The molecule has 0 amide bonds. The summed E-state index contributed by atoms with van der Waals surface area (Å²) in [5.74, 6) is 1.06. The Kier molecular flexibility index (Phi) is 7.75. The molecule has 1 heterocycles. The average Bonchev–Trinajstić information content (AvgIpc) is 2.39. The molecule has 1 aromatic rings. The van der Waals surface area contributed by atoms with Gasteiger partial charge in [0.05, 0.1) is 0 Å². The van der Waals surface area contributed by atoms with Gasteiger partial charge in [0.15, 0.2) is 0 Å². The predicted octanol–water partition coefficient (Wildman–Crippen LogP) is 3.75. The number of nitrogens with one attached hydrogen (secondary N) is 1. The highest BCUT2D eigenvalue weighted by molar-refractivity contribution is 9.10. The van der Waals surface area contributed by atoms with Gasteiger partial charge in [0, 0.05) is 35.9 Å². The molecule has 4 heteroatoms. The van der Waals surface area contributed by atoms with E-state index in [9.17, 15) is 0 Å². The Hall–Kier alpha value is -0.870. The van der Waals surface area contributed by atoms with Gasteiger partial charge in [-0.15, -0.1) is 6.58 Å². The van der Waals surface area contributed by atoms with Crippen molar-refractivity contribution in [2.75, 3.05) is 24.5 Å². The van der Waals surface area contributed by atoms with Crippen molar-refractivity contribution in [3.05, 3.63) is 35.0 Å². The molecular weight excluding hydrogens is 302 g/mol. The van der Waals surface area contributed by atoms with E-state index in [-0.39, 0.29) is 0 Å². The summed E-state index contributed by atoms with van der Waals surface area (Å²) in [6, 6.07) is 2.15. The highest BCUT2D eigenvalue weighted by Crippen LogP contribution is 2.22. The Labute approximate surface area is 125 Å². The Balaban J connectivity index is 2.91. The van der Waals surface area contributed by atoms with E-state index in [1.807, 2.05) is 12.3 Å². The van der Waals surface area contributed by atoms with Crippen molar-refractivity contribution >= 4 is 21.7 Å². The zero-order valence-electron chi connectivity index (χ0n) is 12.0. The second kappa shape index (κ2) is 9.10. The van der Waals surface area contributed by atoms with Crippen molar-refractivity contribution in [2.24, 2.45) is 0 Å². The zero-order chi connectivity index (χ0) is 14.1. The first-order chi connectivity index (χ1) is 9.22. The van der Waals surface area contributed by atoms with Gasteiger partial charge in [0.25, 0.3) is 0 Å². The molecule has 1 rings (SSSR count). The van der Waals surface area contributed by atoms with Gasteiger partial charge in [0.1, 0.15) is 5.82 Å². The fourth-order valence-corrected chi connectivity index (χ4v) is 2.38. The molecule has 0 aromatic carbocycles. The maximum Gasteiger partial charge on any atom is 0.133 e. The fourth-order valence-electron chi connectivity index (χ4n) is 2.00. The number of hydrogen-bond acceptors (Lipinski definition) is 3. The Morgan fingerprint density at radius 2 is 2.21 bits per heavy atom. The number of rotatable bonds is 9. The molecule has 1 aromatic heterocycles. The van der Waals surface area contributed by atoms with Gasteiger partial charge in [-0.3, -0.25) is 0 Å². The smallest absolute Gasteiger partial charge is 0.133 e. The second-order valence-corrected chi connectivity index (χ2v) is 5.46. The fraction of sp³-hybridized carbons (Fsp3) is 0.533. The normalized spacial score (nSPS) is 10.5. The van der Waals surface area contributed by atoms with Crippen LogP contribution in [0.3, 0.4) is 0 Å². The van der Waals surface area contributed by atoms with Crippen LogP contribution in [0.5, 0.6) is 0 Å². The minimum Gasteiger partial charge on any atom is -0.353 e. The lowest BCUT2D eigenvalue weighted by atomic mass is 10.2. The molecule has 0 unspecified atom stereocenters. The lowest BCUT2D eigenvalue weighted by molar-refractivity contribution is 0.669. The first-order valence-electron chi connectivity index (χ1n) is 6.93. The predicted molar refractivity (Wildman–Crippen MR) is 86.6 cm³/mol. The van der Waals surface area contributed by atoms with Crippen LogP contribution in [-0.4, -0.2) is 24.6 Å². The zero-order valence-corrected chi connectivity index (χ0v) is 13.5. The van der Waals surface area contributed by atoms with Crippen molar-refractivity contribution < 1.29 is 0 Å². The quantitative estimate of drug-likeness (QED) is 0.553. The molecule has 0 radical (unpaired) electrons. The van der Waals surface area contributed by atoms with Crippen molar-refractivity contribution in [2.45, 2.75) is 33.2 Å². The largest absolute Gasteiger partial charge is 0.353 e. The van der Waals surface area contributed by atoms with E-state index in [2.05, 4.69) is 57.6 Å². The van der Waals surface area contributed by atoms with Crippen LogP contribution in [0, 0.1) is 0 Å². The summed E-state index contributed by atoms with van der Waals surface area (Å²) >= 11 is 3.50. The van der Waals surface area contributed by atoms with E-state index in [0.717, 1.165) is 49.3 Å². The first kappa shape index (κ1) is 16.2. The minimum atomic E-state index is 0.837. The van der Waals surface area contributed by atoms with Gasteiger partial charge < -0.3 is 10.2 Å². The van der Waals surface area contributed by atoms with Crippen LogP contribution in [0.15, 0.2) is 29.4 Å². The maximum atomic E-state index is 4.59. The number of nitrogens with zero attached hydrogens (tertiary/aromatic N) is 2. The Morgan fingerprint density at radius 3 is 2.84 bits per heavy atom. The van der Waals surface area contributed by atoms with Crippen LogP contribution in [0.25, 0.3) is 0 Å². The van der Waals surface area contributed by atoms with E-state index >= 15 is 0 Å². The third-order valence-corrected chi connectivity index (χ3v) is 3.23. The van der Waals surface area contributed by atoms with Crippen molar-refractivity contribution in [3.8, 4) is 0 Å². The second-order valence-electron chi connectivity index (χ2n) is 4.55. The molecule has 0 aliphatic heterocycles. The van der Waals surface area contributed by atoms with E-state index in [4.69, 9.17) is 0 Å². The van der Waals surface area contributed by atoms with Crippen LogP contribution < -0.4 is 10.2 Å². The average molecular weight is 326 g/mol. The molecule has 0 saturated carbocycles. The van der Waals surface area contributed by atoms with Crippen molar-refractivity contribution in [3.63, 3.8) is 0 Å². The Bertz CT molecular complexity index is 393. The standard InChI is InChI=1S/C15H24BrN3/c1-4-7-17-11-13-10-14(16)12-18-15(13)19(8-5-2)9-6-3/h5,10,12,17H,2,4,6-9,11H2,1,3H3. The van der Waals surface area contributed by atoms with E-state index in [1.54, 1.807) is 0 Å². The number of halogens is 1. The maximum absolute atomic E-state index is 4.59. The lowest BCUT2D eigenvalue weighted by Gasteiger charge is -2.24. The molecule has 0 atom stereocenters. The van der Waals surface area contributed by atoms with Gasteiger partial charge >= 0.3 is 0 Å². The van der Waals surface area contributed by atoms with Crippen LogP contribution >= 0.6 is 15.9 Å². The van der Waals surface area contributed by atoms with Gasteiger partial charge in [-0.05, 0) is 41.4 Å². The van der Waals surface area contributed by atoms with Gasteiger partial charge in [-0.25, -0.2) is 4.98 Å². The highest BCUT2D eigenvalue weighted by atomic mass is 79.9. The summed E-state index contributed by atoms with van der Waals surface area (Å²) in [6.45, 7) is 11.9. The molecule has 0 spiro atoms. The molecule has 3 nitrogen and oxygen atoms in total.